The SMILES string of the molecule is O=C(NCc1cccs1)c1cccn2c(=O)c3c4c(sc3nc12)CCCC4. The van der Waals surface area contributed by atoms with Gasteiger partial charge < -0.3 is 5.32 Å². The molecule has 27 heavy (non-hydrogen) atoms. The van der Waals surface area contributed by atoms with Gasteiger partial charge in [0.05, 0.1) is 17.5 Å². The molecule has 5 rings (SSSR count). The van der Waals surface area contributed by atoms with Crippen molar-refractivity contribution in [1.29, 1.82) is 0 Å². The first-order valence-corrected chi connectivity index (χ1v) is 10.7. The van der Waals surface area contributed by atoms with Crippen molar-refractivity contribution < 1.29 is 4.79 Å². The van der Waals surface area contributed by atoms with E-state index in [-0.39, 0.29) is 11.5 Å². The number of carbonyl (C=O) groups excluding carboxylic acids is 1. The van der Waals surface area contributed by atoms with E-state index in [9.17, 15) is 9.59 Å². The Morgan fingerprint density at radius 3 is 2.96 bits per heavy atom. The van der Waals surface area contributed by atoms with Crippen molar-refractivity contribution in [3.05, 3.63) is 67.1 Å². The maximum absolute atomic E-state index is 13.1. The van der Waals surface area contributed by atoms with Crippen molar-refractivity contribution in [2.75, 3.05) is 0 Å². The molecule has 0 unspecified atom stereocenters. The first kappa shape index (κ1) is 16.6. The van der Waals surface area contributed by atoms with Crippen molar-refractivity contribution in [2.24, 2.45) is 0 Å². The minimum atomic E-state index is -0.214. The van der Waals surface area contributed by atoms with E-state index in [2.05, 4.69) is 5.32 Å². The van der Waals surface area contributed by atoms with Crippen molar-refractivity contribution in [2.45, 2.75) is 32.2 Å². The zero-order valence-electron chi connectivity index (χ0n) is 14.5. The lowest BCUT2D eigenvalue weighted by atomic mass is 9.97. The summed E-state index contributed by atoms with van der Waals surface area (Å²) in [5.41, 5.74) is 1.96. The van der Waals surface area contributed by atoms with Gasteiger partial charge in [-0.05, 0) is 54.8 Å². The van der Waals surface area contributed by atoms with Crippen LogP contribution in [0.1, 0.15) is 38.5 Å². The van der Waals surface area contributed by atoms with E-state index in [0.717, 1.165) is 40.8 Å². The fourth-order valence-corrected chi connectivity index (χ4v) is 5.60. The number of thiophene rings is 2. The topological polar surface area (TPSA) is 63.5 Å². The number of amides is 1. The Morgan fingerprint density at radius 2 is 2.11 bits per heavy atom. The number of fused-ring (bicyclic) bond motifs is 4. The lowest BCUT2D eigenvalue weighted by Crippen LogP contribution is -2.25. The highest BCUT2D eigenvalue weighted by Gasteiger charge is 2.22. The maximum atomic E-state index is 13.1. The second-order valence-electron chi connectivity index (χ2n) is 6.69. The summed E-state index contributed by atoms with van der Waals surface area (Å²) >= 11 is 3.21. The molecule has 0 bridgehead atoms. The molecule has 0 saturated carbocycles. The van der Waals surface area contributed by atoms with Crippen LogP contribution in [-0.2, 0) is 19.4 Å². The molecule has 4 aromatic rings. The number of aryl methyl sites for hydroxylation is 2. The molecular formula is C20H17N3O2S2. The first-order chi connectivity index (χ1) is 13.2. The van der Waals surface area contributed by atoms with E-state index in [1.165, 1.54) is 14.8 Å². The van der Waals surface area contributed by atoms with E-state index in [4.69, 9.17) is 4.98 Å². The van der Waals surface area contributed by atoms with Crippen LogP contribution < -0.4 is 10.9 Å². The molecule has 0 atom stereocenters. The number of hydrogen-bond acceptors (Lipinski definition) is 5. The average Bonchev–Trinajstić information content (AvgIpc) is 3.33. The van der Waals surface area contributed by atoms with Gasteiger partial charge in [-0.25, -0.2) is 4.98 Å². The Labute approximate surface area is 163 Å². The molecule has 1 aliphatic rings. The third-order valence-corrected chi connectivity index (χ3v) is 7.07. The lowest BCUT2D eigenvalue weighted by Gasteiger charge is -2.10. The van der Waals surface area contributed by atoms with Crippen LogP contribution in [0.15, 0.2) is 40.6 Å². The first-order valence-electron chi connectivity index (χ1n) is 8.98. The number of hydrogen-bond donors (Lipinski definition) is 1. The van der Waals surface area contributed by atoms with Crippen LogP contribution in [0.25, 0.3) is 15.9 Å². The second kappa shape index (κ2) is 6.58. The number of nitrogens with zero attached hydrogens (tertiary/aromatic N) is 2. The number of rotatable bonds is 3. The van der Waals surface area contributed by atoms with Crippen LogP contribution in [0.5, 0.6) is 0 Å². The summed E-state index contributed by atoms with van der Waals surface area (Å²) in [6, 6.07) is 7.41. The Balaban J connectivity index is 1.62. The summed E-state index contributed by atoms with van der Waals surface area (Å²) in [6.07, 6.45) is 5.94. The fraction of sp³-hybridized carbons (Fsp3) is 0.250. The molecule has 0 spiro atoms. The Bertz CT molecular complexity index is 1220. The van der Waals surface area contributed by atoms with E-state index in [1.54, 1.807) is 41.0 Å². The van der Waals surface area contributed by atoms with Gasteiger partial charge in [0.2, 0.25) is 0 Å². The van der Waals surface area contributed by atoms with Gasteiger partial charge >= 0.3 is 0 Å². The standard InChI is InChI=1S/C20H17N3O2S2/c24-18(21-11-12-5-4-10-26-12)14-7-3-9-23-17(14)22-19-16(20(23)25)13-6-1-2-8-15(13)27-19/h3-5,7,9-10H,1-2,6,8,11H2,(H,21,24). The predicted octanol–water partition coefficient (Wildman–Crippen LogP) is 3.78. The van der Waals surface area contributed by atoms with Gasteiger partial charge in [0.25, 0.3) is 11.5 Å². The van der Waals surface area contributed by atoms with Crippen molar-refractivity contribution in [3.63, 3.8) is 0 Å². The zero-order chi connectivity index (χ0) is 18.4. The Morgan fingerprint density at radius 1 is 1.22 bits per heavy atom. The summed E-state index contributed by atoms with van der Waals surface area (Å²) in [6.45, 7) is 0.470. The zero-order valence-corrected chi connectivity index (χ0v) is 16.2. The van der Waals surface area contributed by atoms with Crippen LogP contribution >= 0.6 is 22.7 Å². The molecule has 1 N–H and O–H groups in total. The van der Waals surface area contributed by atoms with E-state index in [1.807, 2.05) is 17.5 Å². The average molecular weight is 396 g/mol. The molecule has 0 fully saturated rings. The molecule has 0 radical (unpaired) electrons. The van der Waals surface area contributed by atoms with Gasteiger partial charge in [-0.2, -0.15) is 0 Å². The van der Waals surface area contributed by atoms with E-state index < -0.39 is 0 Å². The van der Waals surface area contributed by atoms with Gasteiger partial charge in [-0.1, -0.05) is 6.07 Å². The molecule has 0 aromatic carbocycles. The molecule has 1 amide bonds. The maximum Gasteiger partial charge on any atom is 0.266 e. The predicted molar refractivity (Wildman–Crippen MR) is 109 cm³/mol. The third-order valence-electron chi connectivity index (χ3n) is 5.01. The second-order valence-corrected chi connectivity index (χ2v) is 8.80. The van der Waals surface area contributed by atoms with E-state index >= 15 is 0 Å². The van der Waals surface area contributed by atoms with E-state index in [0.29, 0.717) is 17.8 Å². The minimum Gasteiger partial charge on any atom is -0.347 e. The molecule has 136 valence electrons. The summed E-state index contributed by atoms with van der Waals surface area (Å²) in [5.74, 6) is -0.214. The summed E-state index contributed by atoms with van der Waals surface area (Å²) in [7, 11) is 0. The quantitative estimate of drug-likeness (QED) is 0.574. The molecule has 4 heterocycles. The molecule has 7 heteroatoms. The minimum absolute atomic E-state index is 0.0673. The normalized spacial score (nSPS) is 13.8. The van der Waals surface area contributed by atoms with Crippen molar-refractivity contribution in [1.82, 2.24) is 14.7 Å². The van der Waals surface area contributed by atoms with Crippen LogP contribution in [0.4, 0.5) is 0 Å². The van der Waals surface area contributed by atoms with Crippen LogP contribution in [0.2, 0.25) is 0 Å². The molecule has 4 aromatic heterocycles. The highest BCUT2D eigenvalue weighted by molar-refractivity contribution is 7.18. The van der Waals surface area contributed by atoms with Gasteiger partial charge in [0.15, 0.2) is 5.65 Å². The van der Waals surface area contributed by atoms with Gasteiger partial charge in [-0.3, -0.25) is 14.0 Å². The van der Waals surface area contributed by atoms with Crippen molar-refractivity contribution in [3.8, 4) is 0 Å². The van der Waals surface area contributed by atoms with Gasteiger partial charge in [0, 0.05) is 16.0 Å². The number of carbonyl (C=O) groups is 1. The summed E-state index contributed by atoms with van der Waals surface area (Å²) in [4.78, 5) is 33.7. The third kappa shape index (κ3) is 2.78. The van der Waals surface area contributed by atoms with Crippen molar-refractivity contribution >= 4 is 44.4 Å². The smallest absolute Gasteiger partial charge is 0.266 e. The molecule has 0 saturated heterocycles. The largest absolute Gasteiger partial charge is 0.347 e. The summed E-state index contributed by atoms with van der Waals surface area (Å²) in [5, 5.41) is 5.65. The highest BCUT2D eigenvalue weighted by Crippen LogP contribution is 2.34. The van der Waals surface area contributed by atoms with Crippen LogP contribution in [-0.4, -0.2) is 15.3 Å². The fourth-order valence-electron chi connectivity index (χ4n) is 3.70. The Kier molecular flexibility index (Phi) is 4.06. The highest BCUT2D eigenvalue weighted by atomic mass is 32.1. The molecule has 1 aliphatic carbocycles. The van der Waals surface area contributed by atoms with Crippen LogP contribution in [0, 0.1) is 0 Å². The number of pyridine rings is 1. The van der Waals surface area contributed by atoms with Gasteiger partial charge in [-0.15, -0.1) is 22.7 Å². The monoisotopic (exact) mass is 395 g/mol. The number of aromatic nitrogens is 2. The van der Waals surface area contributed by atoms with Crippen LogP contribution in [0.3, 0.4) is 0 Å². The lowest BCUT2D eigenvalue weighted by molar-refractivity contribution is 0.0952. The number of nitrogens with one attached hydrogen (secondary N) is 1. The molecular weight excluding hydrogens is 378 g/mol. The summed E-state index contributed by atoms with van der Waals surface area (Å²) < 4.78 is 1.52. The van der Waals surface area contributed by atoms with Gasteiger partial charge in [0.1, 0.15) is 4.83 Å². The molecule has 0 aliphatic heterocycles. The Hall–Kier alpha value is -2.51. The molecule has 5 nitrogen and oxygen atoms in total.